The summed E-state index contributed by atoms with van der Waals surface area (Å²) >= 11 is 3.37. The Labute approximate surface area is 122 Å². The Balaban J connectivity index is 1.92. The van der Waals surface area contributed by atoms with E-state index >= 15 is 0 Å². The van der Waals surface area contributed by atoms with Gasteiger partial charge in [0.1, 0.15) is 0 Å². The molecule has 0 aliphatic rings. The average molecular weight is 333 g/mol. The largest absolute Gasteiger partial charge is 0.330 e. The molecule has 3 aromatic rings. The number of aryl methyl sites for hydroxylation is 1. The van der Waals surface area contributed by atoms with Gasteiger partial charge in [-0.2, -0.15) is 10.1 Å². The summed E-state index contributed by atoms with van der Waals surface area (Å²) in [6.45, 7) is 0. The zero-order chi connectivity index (χ0) is 14.1. The summed E-state index contributed by atoms with van der Waals surface area (Å²) in [6, 6.07) is 7.45. The van der Waals surface area contributed by atoms with Gasteiger partial charge in [0.15, 0.2) is 0 Å². The van der Waals surface area contributed by atoms with Crippen LogP contribution in [0.3, 0.4) is 0 Å². The highest BCUT2D eigenvalue weighted by Crippen LogP contribution is 2.20. The molecule has 0 aliphatic carbocycles. The first kappa shape index (κ1) is 12.7. The molecule has 0 bridgehead atoms. The average Bonchev–Trinajstić information content (AvgIpc) is 3.07. The van der Waals surface area contributed by atoms with Crippen molar-refractivity contribution in [3.8, 4) is 11.4 Å². The highest BCUT2D eigenvalue weighted by atomic mass is 79.9. The van der Waals surface area contributed by atoms with Crippen molar-refractivity contribution in [2.75, 3.05) is 0 Å². The number of nitrogens with zero attached hydrogens (tertiary/aromatic N) is 4. The van der Waals surface area contributed by atoms with Crippen LogP contribution in [-0.4, -0.2) is 25.7 Å². The highest BCUT2D eigenvalue weighted by Gasteiger charge is 2.19. The van der Waals surface area contributed by atoms with Gasteiger partial charge < -0.3 is 4.52 Å². The van der Waals surface area contributed by atoms with Crippen LogP contribution in [0.5, 0.6) is 0 Å². The van der Waals surface area contributed by atoms with Gasteiger partial charge in [-0.05, 0) is 12.1 Å². The number of hydrogen-bond donors (Lipinski definition) is 0. The van der Waals surface area contributed by atoms with Gasteiger partial charge in [-0.3, -0.25) is 9.48 Å². The molecule has 2 aromatic heterocycles. The van der Waals surface area contributed by atoms with Gasteiger partial charge in [-0.1, -0.05) is 33.2 Å². The Hall–Kier alpha value is -2.28. The smallest absolute Gasteiger partial charge is 0.299 e. The summed E-state index contributed by atoms with van der Waals surface area (Å²) in [5.74, 6) is -0.0154. The van der Waals surface area contributed by atoms with Crippen LogP contribution in [0, 0.1) is 0 Å². The molecule has 2 heterocycles. The van der Waals surface area contributed by atoms with Crippen molar-refractivity contribution < 1.29 is 9.32 Å². The summed E-state index contributed by atoms with van der Waals surface area (Å²) < 4.78 is 7.46. The summed E-state index contributed by atoms with van der Waals surface area (Å²) in [5.41, 5.74) is 1.19. The Kier molecular flexibility index (Phi) is 3.19. The lowest BCUT2D eigenvalue weighted by atomic mass is 10.2. The summed E-state index contributed by atoms with van der Waals surface area (Å²) in [6.07, 6.45) is 3.07. The zero-order valence-corrected chi connectivity index (χ0v) is 12.0. The molecule has 0 saturated carbocycles. The number of halogens is 1. The summed E-state index contributed by atoms with van der Waals surface area (Å²) in [5, 5.41) is 7.77. The Bertz CT molecular complexity index is 778. The number of rotatable bonds is 3. The lowest BCUT2D eigenvalue weighted by Crippen LogP contribution is -2.00. The maximum Gasteiger partial charge on any atom is 0.299 e. The van der Waals surface area contributed by atoms with Gasteiger partial charge in [-0.15, -0.1) is 0 Å². The quantitative estimate of drug-likeness (QED) is 0.689. The second kappa shape index (κ2) is 5.01. The second-order valence-corrected chi connectivity index (χ2v) is 5.08. The van der Waals surface area contributed by atoms with Crippen LogP contribution in [0.15, 0.2) is 45.7 Å². The fraction of sp³-hybridized carbons (Fsp3) is 0.0769. The molecule has 100 valence electrons. The van der Waals surface area contributed by atoms with Crippen LogP contribution >= 0.6 is 15.9 Å². The van der Waals surface area contributed by atoms with Crippen molar-refractivity contribution in [2.45, 2.75) is 0 Å². The third-order valence-corrected chi connectivity index (χ3v) is 3.16. The van der Waals surface area contributed by atoms with E-state index < -0.39 is 0 Å². The molecular formula is C13H9BrN4O2. The molecule has 0 unspecified atom stereocenters. The molecule has 0 saturated heterocycles. The van der Waals surface area contributed by atoms with Crippen LogP contribution in [0.4, 0.5) is 0 Å². The number of carbonyl (C=O) groups is 1. The van der Waals surface area contributed by atoms with E-state index in [2.05, 4.69) is 31.2 Å². The number of benzene rings is 1. The minimum atomic E-state index is -0.341. The van der Waals surface area contributed by atoms with E-state index in [4.69, 9.17) is 4.52 Å². The van der Waals surface area contributed by atoms with Crippen LogP contribution in [0.25, 0.3) is 11.4 Å². The fourth-order valence-electron chi connectivity index (χ4n) is 1.72. The molecule has 0 N–H and O–H groups in total. The van der Waals surface area contributed by atoms with Crippen molar-refractivity contribution in [1.29, 1.82) is 0 Å². The molecule has 0 aliphatic heterocycles. The van der Waals surface area contributed by atoms with Crippen LogP contribution < -0.4 is 0 Å². The molecule has 6 nitrogen and oxygen atoms in total. The molecule has 0 amide bonds. The van der Waals surface area contributed by atoms with Gasteiger partial charge in [0.2, 0.25) is 5.82 Å². The van der Waals surface area contributed by atoms with Crippen LogP contribution in [0.2, 0.25) is 0 Å². The highest BCUT2D eigenvalue weighted by molar-refractivity contribution is 9.10. The summed E-state index contributed by atoms with van der Waals surface area (Å²) in [4.78, 5) is 16.2. The number of carbonyl (C=O) groups excluding carboxylic acids is 1. The fourth-order valence-corrected chi connectivity index (χ4v) is 2.12. The molecular weight excluding hydrogens is 324 g/mol. The number of aromatic nitrogens is 4. The van der Waals surface area contributed by atoms with Crippen molar-refractivity contribution in [3.63, 3.8) is 0 Å². The first-order chi connectivity index (χ1) is 9.63. The van der Waals surface area contributed by atoms with E-state index in [1.54, 1.807) is 17.9 Å². The summed E-state index contributed by atoms with van der Waals surface area (Å²) in [7, 11) is 1.73. The third kappa shape index (κ3) is 2.39. The van der Waals surface area contributed by atoms with Crippen molar-refractivity contribution in [1.82, 2.24) is 19.9 Å². The molecule has 0 radical (unpaired) electrons. The number of ketones is 1. The molecule has 0 atom stereocenters. The lowest BCUT2D eigenvalue weighted by Gasteiger charge is -1.93. The first-order valence-electron chi connectivity index (χ1n) is 5.76. The normalized spacial score (nSPS) is 10.7. The molecule has 0 fully saturated rings. The van der Waals surface area contributed by atoms with Crippen LogP contribution in [0.1, 0.15) is 16.2 Å². The van der Waals surface area contributed by atoms with Crippen LogP contribution in [-0.2, 0) is 7.05 Å². The first-order valence-corrected chi connectivity index (χ1v) is 6.56. The minimum absolute atomic E-state index is 0.0482. The Morgan fingerprint density at radius 3 is 2.95 bits per heavy atom. The number of hydrogen-bond acceptors (Lipinski definition) is 5. The van der Waals surface area contributed by atoms with Gasteiger partial charge >= 0.3 is 0 Å². The SMILES string of the molecule is Cn1cc(C(=O)c2nc(-c3cccc(Br)c3)no2)cn1. The molecule has 0 spiro atoms. The van der Waals surface area contributed by atoms with E-state index in [-0.39, 0.29) is 11.7 Å². The topological polar surface area (TPSA) is 73.8 Å². The van der Waals surface area contributed by atoms with Gasteiger partial charge in [-0.25, -0.2) is 0 Å². The second-order valence-electron chi connectivity index (χ2n) is 4.17. The predicted octanol–water partition coefficient (Wildman–Crippen LogP) is 2.46. The molecule has 1 aromatic carbocycles. The molecule has 3 rings (SSSR count). The van der Waals surface area contributed by atoms with E-state index in [0.717, 1.165) is 10.0 Å². The zero-order valence-electron chi connectivity index (χ0n) is 10.4. The monoisotopic (exact) mass is 332 g/mol. The Morgan fingerprint density at radius 2 is 2.25 bits per heavy atom. The van der Waals surface area contributed by atoms with Crippen molar-refractivity contribution >= 4 is 21.7 Å². The van der Waals surface area contributed by atoms with Gasteiger partial charge in [0.25, 0.3) is 11.7 Å². The third-order valence-electron chi connectivity index (χ3n) is 2.67. The van der Waals surface area contributed by atoms with E-state index in [1.165, 1.54) is 6.20 Å². The standard InChI is InChI=1S/C13H9BrN4O2/c1-18-7-9(6-15-18)11(19)13-16-12(17-20-13)8-3-2-4-10(14)5-8/h2-7H,1H3. The molecule has 7 heteroatoms. The van der Waals surface area contributed by atoms with Crippen molar-refractivity contribution in [3.05, 3.63) is 52.6 Å². The minimum Gasteiger partial charge on any atom is -0.330 e. The van der Waals surface area contributed by atoms with Gasteiger partial charge in [0, 0.05) is 23.3 Å². The van der Waals surface area contributed by atoms with Gasteiger partial charge in [0.05, 0.1) is 11.8 Å². The maximum absolute atomic E-state index is 12.1. The van der Waals surface area contributed by atoms with E-state index in [0.29, 0.717) is 11.4 Å². The Morgan fingerprint density at radius 1 is 1.40 bits per heavy atom. The van der Waals surface area contributed by atoms with Crippen molar-refractivity contribution in [2.24, 2.45) is 7.05 Å². The maximum atomic E-state index is 12.1. The molecule has 20 heavy (non-hydrogen) atoms. The predicted molar refractivity (Wildman–Crippen MR) is 74.1 cm³/mol. The lowest BCUT2D eigenvalue weighted by molar-refractivity contribution is 0.0994. The van der Waals surface area contributed by atoms with E-state index in [9.17, 15) is 4.79 Å². The van der Waals surface area contributed by atoms with E-state index in [1.807, 2.05) is 24.3 Å².